The maximum Gasteiger partial charge on any atom is 0.0519 e. The Balaban J connectivity index is 1.64. The molecule has 1 aliphatic rings. The van der Waals surface area contributed by atoms with Crippen LogP contribution in [0.15, 0.2) is 48.7 Å². The molecule has 0 fully saturated rings. The molecule has 0 aliphatic heterocycles. The molecule has 1 aliphatic carbocycles. The van der Waals surface area contributed by atoms with Crippen LogP contribution in [-0.4, -0.2) is 4.98 Å². The maximum atomic E-state index is 5.86. The molecule has 100 valence electrons. The van der Waals surface area contributed by atoms with Crippen LogP contribution in [0.3, 0.4) is 0 Å². The molecular formula is C17H17N3. The number of aromatic nitrogens is 1. The van der Waals surface area contributed by atoms with Crippen LogP contribution in [0.4, 0.5) is 11.4 Å². The summed E-state index contributed by atoms with van der Waals surface area (Å²) in [5.41, 5.74) is 11.8. The van der Waals surface area contributed by atoms with Gasteiger partial charge >= 0.3 is 0 Å². The zero-order chi connectivity index (χ0) is 13.5. The highest BCUT2D eigenvalue weighted by molar-refractivity contribution is 5.83. The lowest BCUT2D eigenvalue weighted by Gasteiger charge is -2.16. The molecule has 0 radical (unpaired) electrons. The van der Waals surface area contributed by atoms with E-state index in [9.17, 15) is 0 Å². The molecule has 0 saturated carbocycles. The molecule has 4 rings (SSSR count). The normalized spacial score (nSPS) is 17.3. The lowest BCUT2D eigenvalue weighted by molar-refractivity contribution is 0.762. The van der Waals surface area contributed by atoms with Gasteiger partial charge < -0.3 is 16.0 Å². The summed E-state index contributed by atoms with van der Waals surface area (Å²) in [5, 5.41) is 4.88. The highest BCUT2D eigenvalue weighted by atomic mass is 14.9. The van der Waals surface area contributed by atoms with E-state index in [0.717, 1.165) is 18.5 Å². The Bertz CT molecular complexity index is 773. The number of H-pyrrole nitrogens is 1. The van der Waals surface area contributed by atoms with Crippen molar-refractivity contribution in [2.75, 3.05) is 11.1 Å². The molecular weight excluding hydrogens is 246 g/mol. The van der Waals surface area contributed by atoms with Gasteiger partial charge in [0, 0.05) is 28.5 Å². The van der Waals surface area contributed by atoms with Crippen molar-refractivity contribution in [2.45, 2.75) is 18.9 Å². The molecule has 0 amide bonds. The Morgan fingerprint density at radius 2 is 2.05 bits per heavy atom. The second kappa shape index (κ2) is 4.30. The predicted octanol–water partition coefficient (Wildman–Crippen LogP) is 3.85. The van der Waals surface area contributed by atoms with Gasteiger partial charge in [0.1, 0.15) is 0 Å². The molecule has 3 heteroatoms. The van der Waals surface area contributed by atoms with Crippen molar-refractivity contribution in [3.05, 3.63) is 59.8 Å². The van der Waals surface area contributed by atoms with E-state index in [1.54, 1.807) is 0 Å². The van der Waals surface area contributed by atoms with E-state index in [1.165, 1.54) is 27.7 Å². The minimum absolute atomic E-state index is 0.391. The summed E-state index contributed by atoms with van der Waals surface area (Å²) in [6.07, 6.45) is 4.20. The number of hydrogen-bond donors (Lipinski definition) is 3. The lowest BCUT2D eigenvalue weighted by atomic mass is 10.1. The highest BCUT2D eigenvalue weighted by Crippen LogP contribution is 2.35. The standard InChI is InChI=1S/C17H17N3/c18-13-2-4-15-11(9-13)1-5-17(15)20-14-3-6-16-12(10-14)7-8-19-16/h2-4,6-10,17,19-20H,1,5,18H2. The van der Waals surface area contributed by atoms with E-state index >= 15 is 0 Å². The van der Waals surface area contributed by atoms with Crippen LogP contribution in [0.2, 0.25) is 0 Å². The maximum absolute atomic E-state index is 5.86. The summed E-state index contributed by atoms with van der Waals surface area (Å²) in [5.74, 6) is 0. The van der Waals surface area contributed by atoms with Crippen molar-refractivity contribution in [3.63, 3.8) is 0 Å². The topological polar surface area (TPSA) is 53.8 Å². The van der Waals surface area contributed by atoms with E-state index in [-0.39, 0.29) is 0 Å². The van der Waals surface area contributed by atoms with E-state index < -0.39 is 0 Å². The number of benzene rings is 2. The van der Waals surface area contributed by atoms with Gasteiger partial charge in [-0.05, 0) is 60.4 Å². The summed E-state index contributed by atoms with van der Waals surface area (Å²) in [6, 6.07) is 15.2. The average molecular weight is 263 g/mol. The molecule has 1 aromatic heterocycles. The molecule has 20 heavy (non-hydrogen) atoms. The molecule has 3 aromatic rings. The number of nitrogen functional groups attached to an aromatic ring is 1. The molecule has 3 nitrogen and oxygen atoms in total. The fourth-order valence-electron chi connectivity index (χ4n) is 3.13. The molecule has 0 saturated heterocycles. The minimum Gasteiger partial charge on any atom is -0.399 e. The fourth-order valence-corrected chi connectivity index (χ4v) is 3.13. The number of aryl methyl sites for hydroxylation is 1. The number of anilines is 2. The Morgan fingerprint density at radius 3 is 3.00 bits per heavy atom. The van der Waals surface area contributed by atoms with E-state index in [4.69, 9.17) is 5.73 Å². The van der Waals surface area contributed by atoms with Gasteiger partial charge in [-0.3, -0.25) is 0 Å². The zero-order valence-corrected chi connectivity index (χ0v) is 11.2. The first-order valence-corrected chi connectivity index (χ1v) is 7.01. The SMILES string of the molecule is Nc1ccc2c(c1)CCC2Nc1ccc2[nH]ccc2c1. The fraction of sp³-hybridized carbons (Fsp3) is 0.176. The zero-order valence-electron chi connectivity index (χ0n) is 11.2. The minimum atomic E-state index is 0.391. The first-order valence-electron chi connectivity index (χ1n) is 7.01. The second-order valence-electron chi connectivity index (χ2n) is 5.47. The number of rotatable bonds is 2. The van der Waals surface area contributed by atoms with Gasteiger partial charge in [0.25, 0.3) is 0 Å². The Labute approximate surface area is 117 Å². The van der Waals surface area contributed by atoms with Gasteiger partial charge in [-0.1, -0.05) is 6.07 Å². The lowest BCUT2D eigenvalue weighted by Crippen LogP contribution is -2.06. The van der Waals surface area contributed by atoms with Crippen LogP contribution in [-0.2, 0) is 6.42 Å². The summed E-state index contributed by atoms with van der Waals surface area (Å²) >= 11 is 0. The van der Waals surface area contributed by atoms with Gasteiger partial charge in [-0.25, -0.2) is 0 Å². The summed E-state index contributed by atoms with van der Waals surface area (Å²) < 4.78 is 0. The average Bonchev–Trinajstić information content (AvgIpc) is 3.05. The second-order valence-corrected chi connectivity index (χ2v) is 5.47. The first kappa shape index (κ1) is 11.4. The van der Waals surface area contributed by atoms with Gasteiger partial charge in [0.05, 0.1) is 6.04 Å². The Kier molecular flexibility index (Phi) is 2.46. The van der Waals surface area contributed by atoms with Crippen LogP contribution in [0.25, 0.3) is 10.9 Å². The van der Waals surface area contributed by atoms with Crippen LogP contribution in [0, 0.1) is 0 Å². The van der Waals surface area contributed by atoms with E-state index in [2.05, 4.69) is 46.7 Å². The smallest absolute Gasteiger partial charge is 0.0519 e. The predicted molar refractivity (Wildman–Crippen MR) is 83.8 cm³/mol. The van der Waals surface area contributed by atoms with Crippen molar-refractivity contribution in [3.8, 4) is 0 Å². The first-order chi connectivity index (χ1) is 9.79. The van der Waals surface area contributed by atoms with Crippen LogP contribution >= 0.6 is 0 Å². The Morgan fingerprint density at radius 1 is 1.10 bits per heavy atom. The number of nitrogens with two attached hydrogens (primary N) is 1. The van der Waals surface area contributed by atoms with Crippen LogP contribution in [0.1, 0.15) is 23.6 Å². The summed E-state index contributed by atoms with van der Waals surface area (Å²) in [7, 11) is 0. The van der Waals surface area contributed by atoms with Crippen molar-refractivity contribution in [1.29, 1.82) is 0 Å². The molecule has 2 aromatic carbocycles. The number of hydrogen-bond acceptors (Lipinski definition) is 2. The number of fused-ring (bicyclic) bond motifs is 2. The highest BCUT2D eigenvalue weighted by Gasteiger charge is 2.22. The molecule has 1 unspecified atom stereocenters. The van der Waals surface area contributed by atoms with Gasteiger partial charge in [0.2, 0.25) is 0 Å². The van der Waals surface area contributed by atoms with Crippen molar-refractivity contribution >= 4 is 22.3 Å². The van der Waals surface area contributed by atoms with Crippen molar-refractivity contribution < 1.29 is 0 Å². The number of nitrogens with one attached hydrogen (secondary N) is 2. The van der Waals surface area contributed by atoms with Gasteiger partial charge in [-0.15, -0.1) is 0 Å². The van der Waals surface area contributed by atoms with Gasteiger partial charge in [-0.2, -0.15) is 0 Å². The molecule has 1 atom stereocenters. The van der Waals surface area contributed by atoms with Gasteiger partial charge in [0.15, 0.2) is 0 Å². The molecule has 4 N–H and O–H groups in total. The molecule has 1 heterocycles. The summed E-state index contributed by atoms with van der Waals surface area (Å²) in [6.45, 7) is 0. The monoisotopic (exact) mass is 263 g/mol. The third kappa shape index (κ3) is 1.83. The Hall–Kier alpha value is -2.42. The van der Waals surface area contributed by atoms with Crippen LogP contribution in [0.5, 0.6) is 0 Å². The van der Waals surface area contributed by atoms with E-state index in [1.807, 2.05) is 12.3 Å². The van der Waals surface area contributed by atoms with Crippen LogP contribution < -0.4 is 11.1 Å². The van der Waals surface area contributed by atoms with E-state index in [0.29, 0.717) is 6.04 Å². The van der Waals surface area contributed by atoms with Crippen molar-refractivity contribution in [1.82, 2.24) is 4.98 Å². The van der Waals surface area contributed by atoms with Crippen molar-refractivity contribution in [2.24, 2.45) is 0 Å². The third-order valence-electron chi connectivity index (χ3n) is 4.14. The third-order valence-corrected chi connectivity index (χ3v) is 4.14. The number of aromatic amines is 1. The molecule has 0 spiro atoms. The largest absolute Gasteiger partial charge is 0.399 e. The summed E-state index contributed by atoms with van der Waals surface area (Å²) in [4.78, 5) is 3.22. The quantitative estimate of drug-likeness (QED) is 0.615. The molecule has 0 bridgehead atoms.